The van der Waals surface area contributed by atoms with E-state index in [0.717, 1.165) is 0 Å². The lowest BCUT2D eigenvalue weighted by molar-refractivity contribution is -0.149. The Morgan fingerprint density at radius 3 is 1.24 bits per heavy atom. The van der Waals surface area contributed by atoms with Crippen LogP contribution in [0.3, 0.4) is 0 Å². The summed E-state index contributed by atoms with van der Waals surface area (Å²) in [6.07, 6.45) is -6.42. The number of aliphatic carboxylic acids is 1. The SMILES string of the molecule is C.C=C(C)C(=O)Oc1ccc(O)cc1.C=C(C)C(=O)Oc1ccc(OC(=O)C(F)F)cc1.O=C(O)C(F)F. The Morgan fingerprint density at radius 2 is 0.974 bits per heavy atom. The highest BCUT2D eigenvalue weighted by Gasteiger charge is 2.17. The molecule has 0 fully saturated rings. The number of hydrogen-bond acceptors (Lipinski definition) is 8. The number of carboxylic acids is 1. The molecule has 2 N–H and O–H groups in total. The molecule has 0 aliphatic carbocycles. The summed E-state index contributed by atoms with van der Waals surface area (Å²) < 4.78 is 59.0. The number of halogens is 4. The van der Waals surface area contributed by atoms with E-state index >= 15 is 0 Å². The summed E-state index contributed by atoms with van der Waals surface area (Å²) in [4.78, 5) is 41.7. The standard InChI is InChI=1S/C12H10F2O4.C10H10O3.C2H2F2O2.CH4/c1-7(2)11(15)17-8-3-5-9(6-4-8)18-12(16)10(13)14;1-7(2)10(12)13-9-5-3-8(11)4-6-9;3-1(4)2(5)6;/h3-6,10H,1H2,2H3;3-6,11H,1H2,2H3;1H,(H,5,6);1H4. The van der Waals surface area contributed by atoms with Gasteiger partial charge in [0.25, 0.3) is 0 Å². The summed E-state index contributed by atoms with van der Waals surface area (Å²) in [6, 6.07) is 11.0. The number of rotatable bonds is 7. The molecule has 38 heavy (non-hydrogen) atoms. The maximum absolute atomic E-state index is 11.9. The summed E-state index contributed by atoms with van der Waals surface area (Å²) in [5, 5.41) is 16.2. The van der Waals surface area contributed by atoms with Crippen LogP contribution in [-0.2, 0) is 19.2 Å². The number of carboxylic acid groups (broad SMARTS) is 1. The first-order valence-corrected chi connectivity index (χ1v) is 9.79. The molecule has 208 valence electrons. The fourth-order valence-electron chi connectivity index (χ4n) is 1.64. The van der Waals surface area contributed by atoms with Crippen molar-refractivity contribution in [3.05, 3.63) is 72.8 Å². The Bertz CT molecular complexity index is 1100. The fourth-order valence-corrected chi connectivity index (χ4v) is 1.64. The number of aromatic hydroxyl groups is 1. The molecule has 0 amide bonds. The molecule has 0 aliphatic rings. The maximum Gasteiger partial charge on any atom is 0.379 e. The average molecular weight is 546 g/mol. The van der Waals surface area contributed by atoms with Gasteiger partial charge in [0.1, 0.15) is 23.0 Å². The molecule has 2 aromatic rings. The Balaban J connectivity index is 0. The molecule has 0 unspecified atom stereocenters. The van der Waals surface area contributed by atoms with E-state index in [-0.39, 0.29) is 30.2 Å². The molecule has 2 aromatic carbocycles. The third-order valence-corrected chi connectivity index (χ3v) is 3.36. The van der Waals surface area contributed by atoms with Gasteiger partial charge in [-0.15, -0.1) is 0 Å². The summed E-state index contributed by atoms with van der Waals surface area (Å²) in [7, 11) is 0. The molecule has 13 heteroatoms. The van der Waals surface area contributed by atoms with E-state index < -0.39 is 36.7 Å². The quantitative estimate of drug-likeness (QED) is 0.208. The largest absolute Gasteiger partial charge is 0.508 e. The second-order valence-electron chi connectivity index (χ2n) is 6.67. The van der Waals surface area contributed by atoms with Crippen molar-refractivity contribution in [3.63, 3.8) is 0 Å². The van der Waals surface area contributed by atoms with Crippen molar-refractivity contribution in [2.45, 2.75) is 34.1 Å². The number of alkyl halides is 4. The smallest absolute Gasteiger partial charge is 0.379 e. The van der Waals surface area contributed by atoms with E-state index in [1.807, 2.05) is 0 Å². The summed E-state index contributed by atoms with van der Waals surface area (Å²) in [5.74, 6) is -4.12. The van der Waals surface area contributed by atoms with Gasteiger partial charge < -0.3 is 24.4 Å². The van der Waals surface area contributed by atoms with Gasteiger partial charge in [-0.25, -0.2) is 19.2 Å². The minimum atomic E-state index is -3.23. The predicted octanol–water partition coefficient (Wildman–Crippen LogP) is 5.18. The maximum atomic E-state index is 11.9. The lowest BCUT2D eigenvalue weighted by atomic mass is 10.3. The first kappa shape index (κ1) is 35.5. The van der Waals surface area contributed by atoms with Crippen molar-refractivity contribution in [2.24, 2.45) is 0 Å². The monoisotopic (exact) mass is 546 g/mol. The van der Waals surface area contributed by atoms with E-state index in [9.17, 15) is 31.9 Å². The predicted molar refractivity (Wildman–Crippen MR) is 127 cm³/mol. The molecule has 0 saturated carbocycles. The van der Waals surface area contributed by atoms with Gasteiger partial charge >= 0.3 is 36.7 Å². The van der Waals surface area contributed by atoms with E-state index in [1.165, 1.54) is 55.5 Å². The van der Waals surface area contributed by atoms with Gasteiger partial charge in [0, 0.05) is 11.1 Å². The number of carbonyl (C=O) groups excluding carboxylic acids is 3. The zero-order valence-electron chi connectivity index (χ0n) is 19.5. The summed E-state index contributed by atoms with van der Waals surface area (Å²) in [6.45, 7) is 9.90. The lowest BCUT2D eigenvalue weighted by Gasteiger charge is -2.06. The van der Waals surface area contributed by atoms with Crippen LogP contribution in [0.15, 0.2) is 72.8 Å². The fraction of sp³-hybridized carbons (Fsp3) is 0.200. The highest BCUT2D eigenvalue weighted by atomic mass is 19.3. The van der Waals surface area contributed by atoms with Crippen molar-refractivity contribution >= 4 is 23.9 Å². The van der Waals surface area contributed by atoms with E-state index in [0.29, 0.717) is 11.3 Å². The Morgan fingerprint density at radius 1 is 0.684 bits per heavy atom. The summed E-state index contributed by atoms with van der Waals surface area (Å²) in [5.41, 5.74) is 0.566. The van der Waals surface area contributed by atoms with Crippen LogP contribution in [0.4, 0.5) is 17.6 Å². The van der Waals surface area contributed by atoms with Gasteiger partial charge in [-0.3, -0.25) is 0 Å². The molecule has 0 heterocycles. The van der Waals surface area contributed by atoms with Crippen molar-refractivity contribution in [1.29, 1.82) is 0 Å². The first-order chi connectivity index (χ1) is 17.1. The topological polar surface area (TPSA) is 136 Å². The van der Waals surface area contributed by atoms with Gasteiger partial charge in [0.15, 0.2) is 0 Å². The lowest BCUT2D eigenvalue weighted by Crippen LogP contribution is -2.17. The first-order valence-electron chi connectivity index (χ1n) is 9.79. The van der Waals surface area contributed by atoms with Crippen LogP contribution < -0.4 is 14.2 Å². The molecule has 0 radical (unpaired) electrons. The van der Waals surface area contributed by atoms with Gasteiger partial charge in [0.05, 0.1) is 0 Å². The van der Waals surface area contributed by atoms with Crippen molar-refractivity contribution in [2.75, 3.05) is 0 Å². The van der Waals surface area contributed by atoms with Crippen LogP contribution >= 0.6 is 0 Å². The third kappa shape index (κ3) is 15.3. The Kier molecular flexibility index (Phi) is 16.5. The van der Waals surface area contributed by atoms with Crippen LogP contribution in [0, 0.1) is 0 Å². The van der Waals surface area contributed by atoms with Gasteiger partial charge in [-0.1, -0.05) is 20.6 Å². The molecular formula is C25H26F4O9. The van der Waals surface area contributed by atoms with Crippen LogP contribution in [0.5, 0.6) is 23.0 Å². The van der Waals surface area contributed by atoms with Crippen LogP contribution in [0.1, 0.15) is 21.3 Å². The van der Waals surface area contributed by atoms with E-state index in [1.54, 1.807) is 6.92 Å². The van der Waals surface area contributed by atoms with Gasteiger partial charge in [0.2, 0.25) is 0 Å². The van der Waals surface area contributed by atoms with Crippen molar-refractivity contribution < 1.29 is 61.2 Å². The number of esters is 3. The normalized spacial score (nSPS) is 9.37. The minimum absolute atomic E-state index is 0. The number of benzene rings is 2. The molecular weight excluding hydrogens is 520 g/mol. The average Bonchev–Trinajstić information content (AvgIpc) is 2.82. The van der Waals surface area contributed by atoms with Crippen LogP contribution in [0.25, 0.3) is 0 Å². The number of ether oxygens (including phenoxy) is 3. The zero-order chi connectivity index (χ0) is 28.7. The Labute approximate surface area is 215 Å². The summed E-state index contributed by atoms with van der Waals surface area (Å²) >= 11 is 0. The third-order valence-electron chi connectivity index (χ3n) is 3.36. The minimum Gasteiger partial charge on any atom is -0.508 e. The molecule has 9 nitrogen and oxygen atoms in total. The van der Waals surface area contributed by atoms with Crippen molar-refractivity contribution in [3.8, 4) is 23.0 Å². The molecule has 0 saturated heterocycles. The van der Waals surface area contributed by atoms with E-state index in [4.69, 9.17) is 24.5 Å². The molecule has 0 atom stereocenters. The molecule has 0 aromatic heterocycles. The Hall–Kier alpha value is -4.68. The molecule has 0 aliphatic heterocycles. The molecule has 0 bridgehead atoms. The van der Waals surface area contributed by atoms with Crippen LogP contribution in [0.2, 0.25) is 0 Å². The highest BCUT2D eigenvalue weighted by molar-refractivity contribution is 5.89. The van der Waals surface area contributed by atoms with Crippen LogP contribution in [-0.4, -0.2) is 46.9 Å². The number of hydrogen-bond donors (Lipinski definition) is 2. The number of phenols is 1. The number of carbonyl (C=O) groups is 4. The van der Waals surface area contributed by atoms with Crippen molar-refractivity contribution in [1.82, 2.24) is 0 Å². The van der Waals surface area contributed by atoms with Gasteiger partial charge in [-0.05, 0) is 62.4 Å². The molecule has 2 rings (SSSR count). The highest BCUT2D eigenvalue weighted by Crippen LogP contribution is 2.19. The zero-order valence-corrected chi connectivity index (χ0v) is 19.5. The van der Waals surface area contributed by atoms with Gasteiger partial charge in [-0.2, -0.15) is 17.6 Å². The second-order valence-corrected chi connectivity index (χ2v) is 6.67. The number of phenolic OH excluding ortho intramolecular Hbond substituents is 1. The second kappa shape index (κ2) is 17.7. The molecule has 0 spiro atoms. The van der Waals surface area contributed by atoms with E-state index in [2.05, 4.69) is 17.9 Å².